The van der Waals surface area contributed by atoms with Gasteiger partial charge in [-0.1, -0.05) is 23.2 Å². The zero-order valence-electron chi connectivity index (χ0n) is 10.6. The molecule has 0 aliphatic rings. The van der Waals surface area contributed by atoms with E-state index in [1.54, 1.807) is 12.1 Å². The van der Waals surface area contributed by atoms with Crippen LogP contribution in [0.15, 0.2) is 24.3 Å². The fourth-order valence-corrected chi connectivity index (χ4v) is 1.95. The smallest absolute Gasteiger partial charge is 0.373 e. The van der Waals surface area contributed by atoms with Crippen molar-refractivity contribution >= 4 is 40.5 Å². The molecule has 0 aliphatic heterocycles. The van der Waals surface area contributed by atoms with Crippen LogP contribution in [0.3, 0.4) is 0 Å². The second-order valence-corrected chi connectivity index (χ2v) is 4.80. The molecule has 112 valence electrons. The number of nitrogens with zero attached hydrogens (tertiary/aromatic N) is 2. The molecule has 0 saturated heterocycles. The average molecular weight is 337 g/mol. The molecule has 1 aromatic heterocycles. The molecule has 0 bridgehead atoms. The first kappa shape index (κ1) is 15.7. The molecule has 21 heavy (non-hydrogen) atoms. The van der Waals surface area contributed by atoms with E-state index in [9.17, 15) is 13.2 Å². The van der Waals surface area contributed by atoms with Crippen LogP contribution >= 0.6 is 23.2 Å². The molecule has 0 radical (unpaired) electrons. The summed E-state index contributed by atoms with van der Waals surface area (Å²) in [6.07, 6.45) is -4.65. The van der Waals surface area contributed by atoms with Crippen LogP contribution in [0.25, 0.3) is 0 Å². The molecule has 1 aromatic carbocycles. The number of hydrogen-bond acceptors (Lipinski definition) is 4. The van der Waals surface area contributed by atoms with Gasteiger partial charge in [0.05, 0.1) is 10.7 Å². The van der Waals surface area contributed by atoms with Crippen molar-refractivity contribution in [2.24, 2.45) is 0 Å². The molecule has 1 heterocycles. The molecule has 0 unspecified atom stereocenters. The van der Waals surface area contributed by atoms with Crippen molar-refractivity contribution in [2.75, 3.05) is 17.7 Å². The summed E-state index contributed by atoms with van der Waals surface area (Å²) >= 11 is 11.7. The normalized spacial score (nSPS) is 11.3. The zero-order chi connectivity index (χ0) is 15.6. The van der Waals surface area contributed by atoms with Gasteiger partial charge in [0.1, 0.15) is 11.6 Å². The monoisotopic (exact) mass is 336 g/mol. The average Bonchev–Trinajstić information content (AvgIpc) is 2.40. The summed E-state index contributed by atoms with van der Waals surface area (Å²) in [7, 11) is 1.46. The lowest BCUT2D eigenvalue weighted by atomic mass is 10.3. The standard InChI is InChI=1S/C12H9Cl2F3N4/c1-18-9-5-10(21-11(20-9)12(15,16)17)19-8-3-2-6(13)4-7(8)14/h2-5H,1H3,(H2,18,19,20,21). The van der Waals surface area contributed by atoms with E-state index in [1.807, 2.05) is 0 Å². The van der Waals surface area contributed by atoms with Crippen LogP contribution in [0.2, 0.25) is 10.0 Å². The molecular formula is C12H9Cl2F3N4. The Morgan fingerprint density at radius 1 is 1.05 bits per heavy atom. The fourth-order valence-electron chi connectivity index (χ4n) is 1.49. The van der Waals surface area contributed by atoms with E-state index in [1.165, 1.54) is 19.2 Å². The molecule has 0 spiro atoms. The lowest BCUT2D eigenvalue weighted by Gasteiger charge is -2.12. The van der Waals surface area contributed by atoms with Gasteiger partial charge in [-0.15, -0.1) is 0 Å². The predicted molar refractivity (Wildman–Crippen MR) is 76.3 cm³/mol. The topological polar surface area (TPSA) is 49.8 Å². The van der Waals surface area contributed by atoms with Crippen molar-refractivity contribution in [1.82, 2.24) is 9.97 Å². The Kier molecular flexibility index (Phi) is 4.43. The van der Waals surface area contributed by atoms with E-state index in [2.05, 4.69) is 20.6 Å². The highest BCUT2D eigenvalue weighted by Crippen LogP contribution is 2.31. The van der Waals surface area contributed by atoms with Gasteiger partial charge in [-0.05, 0) is 18.2 Å². The number of rotatable bonds is 3. The van der Waals surface area contributed by atoms with E-state index in [-0.39, 0.29) is 16.7 Å². The summed E-state index contributed by atoms with van der Waals surface area (Å²) in [5, 5.41) is 5.93. The van der Waals surface area contributed by atoms with Crippen molar-refractivity contribution in [2.45, 2.75) is 6.18 Å². The van der Waals surface area contributed by atoms with Gasteiger partial charge in [-0.25, -0.2) is 9.97 Å². The lowest BCUT2D eigenvalue weighted by Crippen LogP contribution is -2.13. The van der Waals surface area contributed by atoms with Crippen LogP contribution in [0, 0.1) is 0 Å². The zero-order valence-corrected chi connectivity index (χ0v) is 12.1. The molecule has 4 nitrogen and oxygen atoms in total. The molecule has 9 heteroatoms. The second kappa shape index (κ2) is 5.95. The molecule has 2 rings (SSSR count). The van der Waals surface area contributed by atoms with Crippen molar-refractivity contribution in [3.63, 3.8) is 0 Å². The Morgan fingerprint density at radius 3 is 2.29 bits per heavy atom. The van der Waals surface area contributed by atoms with Crippen molar-refractivity contribution < 1.29 is 13.2 Å². The van der Waals surface area contributed by atoms with Crippen molar-refractivity contribution in [3.8, 4) is 0 Å². The van der Waals surface area contributed by atoms with E-state index >= 15 is 0 Å². The summed E-state index contributed by atoms with van der Waals surface area (Å²) in [4.78, 5) is 6.79. The van der Waals surface area contributed by atoms with E-state index in [0.29, 0.717) is 10.7 Å². The van der Waals surface area contributed by atoms with Gasteiger partial charge in [-0.3, -0.25) is 0 Å². The minimum absolute atomic E-state index is 0.0323. The van der Waals surface area contributed by atoms with Crippen LogP contribution in [0.5, 0.6) is 0 Å². The largest absolute Gasteiger partial charge is 0.451 e. The Bertz CT molecular complexity index is 661. The maximum Gasteiger partial charge on any atom is 0.451 e. The molecule has 0 atom stereocenters. The maximum absolute atomic E-state index is 12.7. The van der Waals surface area contributed by atoms with Crippen molar-refractivity contribution in [1.29, 1.82) is 0 Å². The highest BCUT2D eigenvalue weighted by Gasteiger charge is 2.35. The second-order valence-electron chi connectivity index (χ2n) is 3.96. The molecule has 0 amide bonds. The third kappa shape index (κ3) is 3.89. The number of halogens is 5. The minimum atomic E-state index is -4.65. The van der Waals surface area contributed by atoms with Gasteiger partial charge < -0.3 is 10.6 Å². The Labute approximate surface area is 128 Å². The highest BCUT2D eigenvalue weighted by atomic mass is 35.5. The maximum atomic E-state index is 12.7. The fraction of sp³-hybridized carbons (Fsp3) is 0.167. The lowest BCUT2D eigenvalue weighted by molar-refractivity contribution is -0.144. The summed E-state index contributed by atoms with van der Waals surface area (Å²) < 4.78 is 38.2. The van der Waals surface area contributed by atoms with E-state index in [0.717, 1.165) is 0 Å². The molecule has 0 fully saturated rings. The van der Waals surface area contributed by atoms with E-state index < -0.39 is 12.0 Å². The third-order valence-corrected chi connectivity index (χ3v) is 2.98. The van der Waals surface area contributed by atoms with Gasteiger partial charge in [0.25, 0.3) is 0 Å². The van der Waals surface area contributed by atoms with E-state index in [4.69, 9.17) is 23.2 Å². The van der Waals surface area contributed by atoms with Crippen LogP contribution in [-0.4, -0.2) is 17.0 Å². The number of alkyl halides is 3. The van der Waals surface area contributed by atoms with Gasteiger partial charge in [0.2, 0.25) is 5.82 Å². The van der Waals surface area contributed by atoms with Gasteiger partial charge in [0.15, 0.2) is 0 Å². The van der Waals surface area contributed by atoms with Gasteiger partial charge in [-0.2, -0.15) is 13.2 Å². The summed E-state index contributed by atoms with van der Waals surface area (Å²) in [6, 6.07) is 5.90. The highest BCUT2D eigenvalue weighted by molar-refractivity contribution is 6.36. The van der Waals surface area contributed by atoms with Gasteiger partial charge in [0, 0.05) is 18.1 Å². The minimum Gasteiger partial charge on any atom is -0.373 e. The summed E-state index contributed by atoms with van der Waals surface area (Å²) in [6.45, 7) is 0. The number of benzene rings is 1. The number of nitrogens with one attached hydrogen (secondary N) is 2. The quantitative estimate of drug-likeness (QED) is 0.860. The number of aromatic nitrogens is 2. The van der Waals surface area contributed by atoms with Crippen LogP contribution in [0.1, 0.15) is 5.82 Å². The SMILES string of the molecule is CNc1cc(Nc2ccc(Cl)cc2Cl)nc(C(F)(F)F)n1. The van der Waals surface area contributed by atoms with Crippen LogP contribution in [-0.2, 0) is 6.18 Å². The third-order valence-electron chi connectivity index (χ3n) is 2.43. The number of anilines is 3. The first-order valence-electron chi connectivity index (χ1n) is 5.65. The molecular weight excluding hydrogens is 328 g/mol. The Balaban J connectivity index is 2.39. The van der Waals surface area contributed by atoms with Crippen LogP contribution < -0.4 is 10.6 Å². The summed E-state index contributed by atoms with van der Waals surface area (Å²) in [5.41, 5.74) is 0.384. The van der Waals surface area contributed by atoms with Crippen LogP contribution in [0.4, 0.5) is 30.5 Å². The molecule has 2 N–H and O–H groups in total. The Morgan fingerprint density at radius 2 is 1.71 bits per heavy atom. The van der Waals surface area contributed by atoms with Crippen molar-refractivity contribution in [3.05, 3.63) is 40.1 Å². The molecule has 2 aromatic rings. The molecule has 0 aliphatic carbocycles. The first-order valence-corrected chi connectivity index (χ1v) is 6.41. The predicted octanol–water partition coefficient (Wildman–Crippen LogP) is 4.59. The van der Waals surface area contributed by atoms with Gasteiger partial charge >= 0.3 is 6.18 Å². The summed E-state index contributed by atoms with van der Waals surface area (Å²) in [5.74, 6) is -1.25. The molecule has 0 saturated carbocycles. The number of hydrogen-bond donors (Lipinski definition) is 2. The first-order chi connectivity index (χ1) is 9.79. The Hall–Kier alpha value is -1.73.